The summed E-state index contributed by atoms with van der Waals surface area (Å²) in [5.74, 6) is 4.14. The predicted octanol–water partition coefficient (Wildman–Crippen LogP) is 20.6. The van der Waals surface area contributed by atoms with Gasteiger partial charge in [-0.2, -0.15) is 10.5 Å². The van der Waals surface area contributed by atoms with Crippen molar-refractivity contribution in [2.24, 2.45) is 0 Å². The largest absolute Gasteiger partial charge is 0.198 e. The summed E-state index contributed by atoms with van der Waals surface area (Å²) in [5.41, 5.74) is 0. The second kappa shape index (κ2) is 42.0. The summed E-state index contributed by atoms with van der Waals surface area (Å²) in [5, 5.41) is 18.3. The molecule has 2 heterocycles. The molecule has 10 heteroatoms. The number of thioether (sulfide) groups is 8. The highest BCUT2D eigenvalue weighted by Gasteiger charge is 2.30. The minimum atomic E-state index is 0.576. The molecule has 0 spiro atoms. The zero-order valence-corrected chi connectivity index (χ0v) is 43.6. The van der Waals surface area contributed by atoms with E-state index >= 15 is 0 Å². The fourth-order valence-corrected chi connectivity index (χ4v) is 19.0. The predicted molar refractivity (Wildman–Crippen MR) is 281 cm³/mol. The third kappa shape index (κ3) is 30.1. The van der Waals surface area contributed by atoms with Crippen molar-refractivity contribution in [3.63, 3.8) is 0 Å². The zero-order valence-electron chi connectivity index (χ0n) is 37.0. The van der Waals surface area contributed by atoms with Gasteiger partial charge < -0.3 is 0 Å². The van der Waals surface area contributed by atoms with E-state index in [-0.39, 0.29) is 0 Å². The van der Waals surface area contributed by atoms with Crippen LogP contribution in [0, 0.1) is 22.7 Å². The van der Waals surface area contributed by atoms with E-state index in [0.717, 1.165) is 11.5 Å². The van der Waals surface area contributed by atoms with Crippen LogP contribution in [0.25, 0.3) is 0 Å². The van der Waals surface area contributed by atoms with E-state index in [2.05, 4.69) is 49.5 Å². The molecule has 58 heavy (non-hydrogen) atoms. The van der Waals surface area contributed by atoms with Crippen molar-refractivity contribution in [1.82, 2.24) is 0 Å². The average molecular weight is 944 g/mol. The van der Waals surface area contributed by atoms with Crippen molar-refractivity contribution in [1.29, 1.82) is 10.5 Å². The highest BCUT2D eigenvalue weighted by molar-refractivity contribution is 8.45. The van der Waals surface area contributed by atoms with Crippen molar-refractivity contribution < 1.29 is 0 Å². The fourth-order valence-electron chi connectivity index (χ4n) is 7.07. The van der Waals surface area contributed by atoms with E-state index in [1.165, 1.54) is 234 Å². The number of hydrogen-bond donors (Lipinski definition) is 0. The van der Waals surface area contributed by atoms with E-state index < -0.39 is 0 Å². The quantitative estimate of drug-likeness (QED) is 0.0553. The Kier molecular flexibility index (Phi) is 39.9. The molecule has 0 unspecified atom stereocenters. The molecule has 0 atom stereocenters. The Bertz CT molecular complexity index is 1100. The number of hydrogen-bond acceptors (Lipinski definition) is 10. The molecular formula is C48H82N2S8. The van der Waals surface area contributed by atoms with Crippen LogP contribution >= 0.6 is 94.1 Å². The molecule has 2 aliphatic rings. The molecule has 2 aliphatic heterocycles. The molecule has 0 saturated carbocycles. The van der Waals surface area contributed by atoms with Crippen LogP contribution in [0.3, 0.4) is 0 Å². The summed E-state index contributed by atoms with van der Waals surface area (Å²) < 4.78 is 8.62. The van der Waals surface area contributed by atoms with Crippen LogP contribution in [0.2, 0.25) is 0 Å². The number of rotatable bonds is 42. The summed E-state index contributed by atoms with van der Waals surface area (Å²) in [6.07, 6.45) is 46.6. The van der Waals surface area contributed by atoms with Crippen LogP contribution in [0.4, 0.5) is 0 Å². The molecule has 0 aromatic carbocycles. The maximum atomic E-state index is 9.13. The molecule has 0 radical (unpaired) electrons. The normalized spacial score (nSPS) is 14.3. The number of nitriles is 2. The van der Waals surface area contributed by atoms with Gasteiger partial charge in [-0.3, -0.25) is 0 Å². The molecule has 0 amide bonds. The Morgan fingerprint density at radius 3 is 0.741 bits per heavy atom. The lowest BCUT2D eigenvalue weighted by Gasteiger charge is -2.06. The lowest BCUT2D eigenvalue weighted by Crippen LogP contribution is -1.86. The molecule has 0 saturated heterocycles. The van der Waals surface area contributed by atoms with Gasteiger partial charge in [0.1, 0.15) is 0 Å². The molecular weight excluding hydrogens is 861 g/mol. The molecule has 2 nitrogen and oxygen atoms in total. The van der Waals surface area contributed by atoms with Gasteiger partial charge in [-0.15, -0.1) is 47.0 Å². The van der Waals surface area contributed by atoms with E-state index in [4.69, 9.17) is 10.5 Å². The molecule has 0 fully saturated rings. The van der Waals surface area contributed by atoms with Crippen molar-refractivity contribution >= 4 is 94.1 Å². The van der Waals surface area contributed by atoms with Crippen LogP contribution in [-0.2, 0) is 0 Å². The minimum absolute atomic E-state index is 0.576. The summed E-state index contributed by atoms with van der Waals surface area (Å²) in [6, 6.07) is 4.62. The monoisotopic (exact) mass is 942 g/mol. The molecule has 0 aliphatic carbocycles. The first-order valence-electron chi connectivity index (χ1n) is 23.9. The number of nitrogens with zero attached hydrogens (tertiary/aromatic N) is 2. The van der Waals surface area contributed by atoms with Gasteiger partial charge in [-0.1, -0.05) is 254 Å². The lowest BCUT2D eigenvalue weighted by molar-refractivity contribution is 0.532. The van der Waals surface area contributed by atoms with Gasteiger partial charge in [0.05, 0.1) is 37.6 Å². The molecule has 0 N–H and O–H groups in total. The Morgan fingerprint density at radius 1 is 0.310 bits per heavy atom. The Morgan fingerprint density at radius 2 is 0.517 bits per heavy atom. The first kappa shape index (κ1) is 55.1. The third-order valence-corrected chi connectivity index (χ3v) is 22.3. The van der Waals surface area contributed by atoms with Crippen LogP contribution in [0.15, 0.2) is 25.4 Å². The zero-order chi connectivity index (χ0) is 41.4. The fraction of sp³-hybridized carbons (Fsp3) is 0.833. The molecule has 0 bridgehead atoms. The van der Waals surface area contributed by atoms with Crippen LogP contribution in [0.5, 0.6) is 0 Å². The highest BCUT2D eigenvalue weighted by atomic mass is 32.3. The van der Waals surface area contributed by atoms with Gasteiger partial charge in [0.25, 0.3) is 0 Å². The van der Waals surface area contributed by atoms with Gasteiger partial charge in [0, 0.05) is 24.3 Å². The van der Waals surface area contributed by atoms with Crippen molar-refractivity contribution in [2.75, 3.05) is 23.0 Å². The van der Waals surface area contributed by atoms with Crippen LogP contribution in [0.1, 0.15) is 232 Å². The Labute approximate surface area is 394 Å². The van der Waals surface area contributed by atoms with Crippen LogP contribution < -0.4 is 0 Å². The molecule has 0 aromatic heterocycles. The SMILES string of the molecule is CCCCCCCCCCCCCCCCCCSC1=C(SCCCCCCCCCCCCCCCCCC)SC(=C2SC(SCCC#N)=C(SCCC#N)S2)S1. The maximum absolute atomic E-state index is 9.13. The lowest BCUT2D eigenvalue weighted by atomic mass is 10.0. The van der Waals surface area contributed by atoms with E-state index in [9.17, 15) is 0 Å². The van der Waals surface area contributed by atoms with Gasteiger partial charge in [-0.05, 0) is 24.3 Å². The number of unbranched alkanes of at least 4 members (excludes halogenated alkanes) is 30. The summed E-state index contributed by atoms with van der Waals surface area (Å²) in [4.78, 5) is 0. The third-order valence-electron chi connectivity index (χ3n) is 10.6. The van der Waals surface area contributed by atoms with Crippen molar-refractivity contribution in [3.05, 3.63) is 25.4 Å². The van der Waals surface area contributed by atoms with Gasteiger partial charge >= 0.3 is 0 Å². The average Bonchev–Trinajstić information content (AvgIpc) is 3.84. The summed E-state index contributed by atoms with van der Waals surface area (Å²) in [7, 11) is 0. The van der Waals surface area contributed by atoms with Crippen molar-refractivity contribution in [2.45, 2.75) is 232 Å². The van der Waals surface area contributed by atoms with Crippen molar-refractivity contribution in [3.8, 4) is 12.1 Å². The standard InChI is InChI=1S/C48H82N2S8/c1-3-5-7-9-11-13-15-17-19-21-23-25-27-29-31-33-39-51-43-44(52-40-34-32-30-28-26-24-22-20-18-16-14-12-10-8-6-4-2)56-47(55-43)48-57-45(53-41-35-37-49)46(58-48)54-42-36-38-50/h3-36,39-42H2,1-2H3. The van der Waals surface area contributed by atoms with E-state index in [0.29, 0.717) is 12.8 Å². The van der Waals surface area contributed by atoms with Crippen LogP contribution in [-0.4, -0.2) is 23.0 Å². The first-order chi connectivity index (χ1) is 28.7. The van der Waals surface area contributed by atoms with Gasteiger partial charge in [0.15, 0.2) is 0 Å². The smallest absolute Gasteiger partial charge is 0.0717 e. The minimum Gasteiger partial charge on any atom is -0.198 e. The molecule has 0 aromatic rings. The Hall–Kier alpha value is 1.000. The second-order valence-electron chi connectivity index (χ2n) is 15.9. The highest BCUT2D eigenvalue weighted by Crippen LogP contribution is 2.66. The molecule has 332 valence electrons. The first-order valence-corrected chi connectivity index (χ1v) is 31.1. The second-order valence-corrected chi connectivity index (χ2v) is 26.0. The maximum Gasteiger partial charge on any atom is 0.0717 e. The Balaban J connectivity index is 1.69. The summed E-state index contributed by atoms with van der Waals surface area (Å²) in [6.45, 7) is 4.61. The van der Waals surface area contributed by atoms with E-state index in [1.807, 2.05) is 70.6 Å². The summed E-state index contributed by atoms with van der Waals surface area (Å²) >= 11 is 15.8. The van der Waals surface area contributed by atoms with Gasteiger partial charge in [0.2, 0.25) is 0 Å². The van der Waals surface area contributed by atoms with Gasteiger partial charge in [-0.25, -0.2) is 0 Å². The van der Waals surface area contributed by atoms with E-state index in [1.54, 1.807) is 8.47 Å². The topological polar surface area (TPSA) is 47.6 Å². The molecule has 2 rings (SSSR count).